The first-order valence-corrected chi connectivity index (χ1v) is 5.30. The van der Waals surface area contributed by atoms with Gasteiger partial charge >= 0.3 is 0 Å². The highest BCUT2D eigenvalue weighted by Crippen LogP contribution is 2.08. The minimum atomic E-state index is -0.136. The average Bonchev–Trinajstić information content (AvgIpc) is 2.18. The van der Waals surface area contributed by atoms with Crippen LogP contribution in [0.15, 0.2) is 0 Å². The van der Waals surface area contributed by atoms with Crippen molar-refractivity contribution in [3.8, 4) is 0 Å². The summed E-state index contributed by atoms with van der Waals surface area (Å²) in [6.07, 6.45) is 1.91. The number of aliphatic hydroxyl groups excluding tert-OH is 1. The maximum Gasteiger partial charge on any atom is 0.0700 e. The molecule has 0 aliphatic carbocycles. The monoisotopic (exact) mass is 203 g/mol. The van der Waals surface area contributed by atoms with Crippen LogP contribution in [0.25, 0.3) is 0 Å². The summed E-state index contributed by atoms with van der Waals surface area (Å²) in [5, 5.41) is 9.42. The highest BCUT2D eigenvalue weighted by molar-refractivity contribution is 4.71. The van der Waals surface area contributed by atoms with Crippen LogP contribution in [0.4, 0.5) is 0 Å². The van der Waals surface area contributed by atoms with Crippen LogP contribution in [-0.4, -0.2) is 62.7 Å². The lowest BCUT2D eigenvalue weighted by atomic mass is 10.1. The number of nitrogens with zero attached hydrogens (tertiary/aromatic N) is 1. The number of hydrogen-bond acceptors (Lipinski definition) is 4. The van der Waals surface area contributed by atoms with Gasteiger partial charge in [0, 0.05) is 20.2 Å². The van der Waals surface area contributed by atoms with Crippen molar-refractivity contribution in [2.24, 2.45) is 0 Å². The zero-order valence-corrected chi connectivity index (χ0v) is 8.95. The second-order valence-electron chi connectivity index (χ2n) is 3.70. The molecule has 1 fully saturated rings. The molecule has 1 heterocycles. The van der Waals surface area contributed by atoms with Gasteiger partial charge in [0.2, 0.25) is 0 Å². The molecule has 0 saturated carbocycles. The Hall–Kier alpha value is -0.160. The third-order valence-electron chi connectivity index (χ3n) is 2.46. The van der Waals surface area contributed by atoms with Gasteiger partial charge in [0.15, 0.2) is 0 Å². The van der Waals surface area contributed by atoms with Gasteiger partial charge in [0.1, 0.15) is 0 Å². The van der Waals surface area contributed by atoms with E-state index in [0.717, 1.165) is 39.1 Å². The molecule has 14 heavy (non-hydrogen) atoms. The van der Waals surface area contributed by atoms with E-state index in [2.05, 4.69) is 4.90 Å². The van der Waals surface area contributed by atoms with Gasteiger partial charge in [0.05, 0.1) is 25.9 Å². The van der Waals surface area contributed by atoms with Crippen LogP contribution in [0.2, 0.25) is 0 Å². The van der Waals surface area contributed by atoms with Gasteiger partial charge in [-0.1, -0.05) is 0 Å². The summed E-state index contributed by atoms with van der Waals surface area (Å²) in [6.45, 7) is 4.85. The number of ether oxygens (including phenoxy) is 2. The van der Waals surface area contributed by atoms with E-state index in [1.54, 1.807) is 7.11 Å². The predicted octanol–water partition coefficient (Wildman–Crippen LogP) is 0.106. The molecule has 1 rings (SSSR count). The van der Waals surface area contributed by atoms with Crippen LogP contribution < -0.4 is 0 Å². The van der Waals surface area contributed by atoms with Crippen molar-refractivity contribution in [1.82, 2.24) is 4.90 Å². The summed E-state index contributed by atoms with van der Waals surface area (Å²) >= 11 is 0. The van der Waals surface area contributed by atoms with Gasteiger partial charge in [-0.05, 0) is 19.4 Å². The number of hydrogen-bond donors (Lipinski definition) is 1. The summed E-state index contributed by atoms with van der Waals surface area (Å²) in [5.74, 6) is 0. The zero-order valence-electron chi connectivity index (χ0n) is 8.95. The molecule has 1 N–H and O–H groups in total. The fourth-order valence-corrected chi connectivity index (χ4v) is 1.67. The summed E-state index contributed by atoms with van der Waals surface area (Å²) in [4.78, 5) is 2.25. The van der Waals surface area contributed by atoms with E-state index in [-0.39, 0.29) is 6.10 Å². The molecule has 1 unspecified atom stereocenters. The number of rotatable bonds is 6. The normalized spacial score (nSPS) is 24.0. The van der Waals surface area contributed by atoms with Crippen LogP contribution >= 0.6 is 0 Å². The molecule has 0 spiro atoms. The lowest BCUT2D eigenvalue weighted by Crippen LogP contribution is -2.40. The first kappa shape index (κ1) is 11.9. The maximum atomic E-state index is 9.42. The molecule has 0 radical (unpaired) electrons. The number of β-amino-alcohol motifs (C(OH)–C–C–N with tert-alkyl or cyclic N) is 1. The van der Waals surface area contributed by atoms with E-state index in [9.17, 15) is 5.11 Å². The van der Waals surface area contributed by atoms with Gasteiger partial charge in [0.25, 0.3) is 0 Å². The van der Waals surface area contributed by atoms with Gasteiger partial charge in [-0.2, -0.15) is 0 Å². The minimum Gasteiger partial charge on any atom is -0.392 e. The lowest BCUT2D eigenvalue weighted by Gasteiger charge is -2.29. The molecule has 0 amide bonds. The van der Waals surface area contributed by atoms with Crippen LogP contribution in [-0.2, 0) is 9.47 Å². The Labute approximate surface area is 85.8 Å². The third kappa shape index (κ3) is 4.91. The molecule has 0 aromatic rings. The standard InChI is InChI=1S/C10H21NO3/c1-13-7-8-14-6-5-11-4-2-3-10(12)9-11/h10,12H,2-9H2,1H3. The van der Waals surface area contributed by atoms with E-state index in [4.69, 9.17) is 9.47 Å². The summed E-state index contributed by atoms with van der Waals surface area (Å²) in [7, 11) is 1.67. The first-order chi connectivity index (χ1) is 6.83. The van der Waals surface area contributed by atoms with Gasteiger partial charge < -0.3 is 14.6 Å². The van der Waals surface area contributed by atoms with Gasteiger partial charge in [-0.3, -0.25) is 4.90 Å². The van der Waals surface area contributed by atoms with Crippen molar-refractivity contribution in [2.75, 3.05) is 46.6 Å². The summed E-state index contributed by atoms with van der Waals surface area (Å²) < 4.78 is 10.2. The smallest absolute Gasteiger partial charge is 0.0700 e. The summed E-state index contributed by atoms with van der Waals surface area (Å²) in [5.41, 5.74) is 0. The Morgan fingerprint density at radius 1 is 1.36 bits per heavy atom. The Morgan fingerprint density at radius 2 is 2.21 bits per heavy atom. The zero-order chi connectivity index (χ0) is 10.2. The average molecular weight is 203 g/mol. The summed E-state index contributed by atoms with van der Waals surface area (Å²) in [6, 6.07) is 0. The Morgan fingerprint density at radius 3 is 2.93 bits per heavy atom. The van der Waals surface area contributed by atoms with Gasteiger partial charge in [-0.25, -0.2) is 0 Å². The van der Waals surface area contributed by atoms with Crippen LogP contribution in [0.3, 0.4) is 0 Å². The van der Waals surface area contributed by atoms with Crippen LogP contribution in [0.1, 0.15) is 12.8 Å². The predicted molar refractivity (Wildman–Crippen MR) is 54.4 cm³/mol. The SMILES string of the molecule is COCCOCCN1CCCC(O)C1. The van der Waals surface area contributed by atoms with Crippen LogP contribution in [0, 0.1) is 0 Å². The number of aliphatic hydroxyl groups is 1. The van der Waals surface area contributed by atoms with Crippen molar-refractivity contribution in [1.29, 1.82) is 0 Å². The molecule has 0 aromatic heterocycles. The molecule has 84 valence electrons. The van der Waals surface area contributed by atoms with E-state index in [1.807, 2.05) is 0 Å². The molecular weight excluding hydrogens is 182 g/mol. The topological polar surface area (TPSA) is 41.9 Å². The quantitative estimate of drug-likeness (QED) is 0.622. The van der Waals surface area contributed by atoms with Crippen molar-refractivity contribution in [3.05, 3.63) is 0 Å². The molecule has 4 nitrogen and oxygen atoms in total. The van der Waals surface area contributed by atoms with Gasteiger partial charge in [-0.15, -0.1) is 0 Å². The lowest BCUT2D eigenvalue weighted by molar-refractivity contribution is 0.0306. The molecule has 1 aliphatic heterocycles. The fraction of sp³-hybridized carbons (Fsp3) is 1.00. The molecule has 0 bridgehead atoms. The Balaban J connectivity index is 1.95. The molecule has 1 aliphatic rings. The number of piperidine rings is 1. The Bertz CT molecular complexity index is 143. The minimum absolute atomic E-state index is 0.136. The van der Waals surface area contributed by atoms with E-state index in [0.29, 0.717) is 13.2 Å². The first-order valence-electron chi connectivity index (χ1n) is 5.30. The van der Waals surface area contributed by atoms with Crippen molar-refractivity contribution in [3.63, 3.8) is 0 Å². The number of likely N-dealkylation sites (tertiary alicyclic amines) is 1. The molecule has 4 heteroatoms. The van der Waals surface area contributed by atoms with E-state index in [1.165, 1.54) is 0 Å². The van der Waals surface area contributed by atoms with Crippen molar-refractivity contribution < 1.29 is 14.6 Å². The maximum absolute atomic E-state index is 9.42. The molecule has 1 saturated heterocycles. The molecular formula is C10H21NO3. The second-order valence-corrected chi connectivity index (χ2v) is 3.70. The largest absolute Gasteiger partial charge is 0.392 e. The van der Waals surface area contributed by atoms with E-state index >= 15 is 0 Å². The fourth-order valence-electron chi connectivity index (χ4n) is 1.67. The van der Waals surface area contributed by atoms with E-state index < -0.39 is 0 Å². The molecule has 1 atom stereocenters. The van der Waals surface area contributed by atoms with Crippen molar-refractivity contribution in [2.45, 2.75) is 18.9 Å². The highest BCUT2D eigenvalue weighted by atomic mass is 16.5. The Kier molecular flexibility index (Phi) is 6.10. The van der Waals surface area contributed by atoms with Crippen LogP contribution in [0.5, 0.6) is 0 Å². The second kappa shape index (κ2) is 7.17. The van der Waals surface area contributed by atoms with Crippen molar-refractivity contribution >= 4 is 0 Å². The molecule has 0 aromatic carbocycles. The highest BCUT2D eigenvalue weighted by Gasteiger charge is 2.16. The number of methoxy groups -OCH3 is 1. The third-order valence-corrected chi connectivity index (χ3v) is 2.46.